The van der Waals surface area contributed by atoms with Crippen LogP contribution in [0.3, 0.4) is 0 Å². The summed E-state index contributed by atoms with van der Waals surface area (Å²) in [6.45, 7) is 9.60. The van der Waals surface area contributed by atoms with Crippen LogP contribution < -0.4 is 10.6 Å². The molecule has 19 heavy (non-hydrogen) atoms. The second-order valence-corrected chi connectivity index (χ2v) is 6.03. The highest BCUT2D eigenvalue weighted by molar-refractivity contribution is 5.85. The normalized spacial score (nSPS) is 19.3. The Labute approximate surface area is 124 Å². The molecule has 1 fully saturated rings. The summed E-state index contributed by atoms with van der Waals surface area (Å²) in [6, 6.07) is 0. The zero-order chi connectivity index (χ0) is 13.4. The first-order valence-corrected chi connectivity index (χ1v) is 7.59. The zero-order valence-corrected chi connectivity index (χ0v) is 13.6. The maximum Gasteiger partial charge on any atom is 0.223 e. The first kappa shape index (κ1) is 18.7. The van der Waals surface area contributed by atoms with Gasteiger partial charge in [0.15, 0.2) is 0 Å². The Hall–Kier alpha value is -0.280. The quantitative estimate of drug-likeness (QED) is 0.756. The molecular weight excluding hydrogens is 260 g/mol. The number of hydrogen-bond donors (Lipinski definition) is 2. The van der Waals surface area contributed by atoms with Crippen molar-refractivity contribution < 1.29 is 4.79 Å². The van der Waals surface area contributed by atoms with Gasteiger partial charge in [0.2, 0.25) is 5.91 Å². The van der Waals surface area contributed by atoms with Crippen LogP contribution in [0.15, 0.2) is 0 Å². The number of nitrogens with one attached hydrogen (secondary N) is 2. The summed E-state index contributed by atoms with van der Waals surface area (Å²) in [5, 5.41) is 6.56. The lowest BCUT2D eigenvalue weighted by molar-refractivity contribution is -0.125. The summed E-state index contributed by atoms with van der Waals surface area (Å²) in [5.41, 5.74) is 0.296. The van der Waals surface area contributed by atoms with Gasteiger partial charge in [0.25, 0.3) is 0 Å². The molecule has 0 aliphatic carbocycles. The van der Waals surface area contributed by atoms with Gasteiger partial charge in [-0.25, -0.2) is 0 Å². The summed E-state index contributed by atoms with van der Waals surface area (Å²) in [7, 11) is 0. The summed E-state index contributed by atoms with van der Waals surface area (Å²) < 4.78 is 0. The second-order valence-electron chi connectivity index (χ2n) is 6.03. The molecule has 0 aromatic carbocycles. The Balaban J connectivity index is 0.00000324. The summed E-state index contributed by atoms with van der Waals surface area (Å²) in [5.74, 6) is 0.487. The lowest BCUT2D eigenvalue weighted by Crippen LogP contribution is -2.44. The molecule has 0 radical (unpaired) electrons. The average molecular weight is 291 g/mol. The number of unbranched alkanes of at least 4 members (excludes halogenated alkanes) is 1. The Morgan fingerprint density at radius 3 is 2.47 bits per heavy atom. The van der Waals surface area contributed by atoms with Crippen molar-refractivity contribution in [3.05, 3.63) is 0 Å². The van der Waals surface area contributed by atoms with E-state index in [4.69, 9.17) is 0 Å². The Kier molecular flexibility index (Phi) is 9.46. The summed E-state index contributed by atoms with van der Waals surface area (Å²) >= 11 is 0. The first-order chi connectivity index (χ1) is 8.61. The van der Waals surface area contributed by atoms with Gasteiger partial charge in [0.1, 0.15) is 0 Å². The maximum absolute atomic E-state index is 12.1. The number of carbonyl (C=O) groups excluding carboxylic acids is 1. The van der Waals surface area contributed by atoms with Crippen LogP contribution in [-0.2, 0) is 4.79 Å². The maximum atomic E-state index is 12.1. The van der Waals surface area contributed by atoms with Crippen LogP contribution in [0.1, 0.15) is 59.3 Å². The van der Waals surface area contributed by atoms with Crippen molar-refractivity contribution in [1.29, 1.82) is 0 Å². The van der Waals surface area contributed by atoms with Crippen molar-refractivity contribution in [2.24, 2.45) is 11.3 Å². The van der Waals surface area contributed by atoms with E-state index < -0.39 is 0 Å². The van der Waals surface area contributed by atoms with E-state index in [1.165, 1.54) is 19.3 Å². The molecule has 1 amide bonds. The van der Waals surface area contributed by atoms with Gasteiger partial charge in [-0.15, -0.1) is 12.4 Å². The molecule has 1 saturated heterocycles. The van der Waals surface area contributed by atoms with Gasteiger partial charge in [-0.2, -0.15) is 0 Å². The number of carbonyl (C=O) groups is 1. The molecular formula is C15H31ClN2O. The number of amides is 1. The van der Waals surface area contributed by atoms with E-state index in [1.54, 1.807) is 0 Å². The lowest BCUT2D eigenvalue weighted by atomic mass is 9.81. The van der Waals surface area contributed by atoms with E-state index in [9.17, 15) is 4.79 Å². The minimum atomic E-state index is 0. The van der Waals surface area contributed by atoms with Crippen LogP contribution in [0.5, 0.6) is 0 Å². The van der Waals surface area contributed by atoms with E-state index in [2.05, 4.69) is 31.4 Å². The Bertz CT molecular complexity index is 253. The molecule has 0 aromatic heterocycles. The topological polar surface area (TPSA) is 41.1 Å². The molecule has 1 heterocycles. The van der Waals surface area contributed by atoms with E-state index >= 15 is 0 Å². The highest BCUT2D eigenvalue weighted by Crippen LogP contribution is 2.27. The van der Waals surface area contributed by atoms with Gasteiger partial charge in [0.05, 0.1) is 0 Å². The fourth-order valence-electron chi connectivity index (χ4n) is 2.62. The van der Waals surface area contributed by atoms with Crippen molar-refractivity contribution in [3.8, 4) is 0 Å². The molecule has 0 saturated carbocycles. The highest BCUT2D eigenvalue weighted by atomic mass is 35.5. The van der Waals surface area contributed by atoms with Crippen LogP contribution in [0.4, 0.5) is 0 Å². The number of hydrogen-bond acceptors (Lipinski definition) is 2. The summed E-state index contributed by atoms with van der Waals surface area (Å²) in [6.07, 6.45) is 6.67. The fraction of sp³-hybridized carbons (Fsp3) is 0.933. The predicted octanol–water partition coefficient (Wildman–Crippen LogP) is 3.13. The minimum absolute atomic E-state index is 0. The van der Waals surface area contributed by atoms with Crippen molar-refractivity contribution in [3.63, 3.8) is 0 Å². The van der Waals surface area contributed by atoms with Crippen LogP contribution >= 0.6 is 12.4 Å². The molecule has 1 rings (SSSR count). The highest BCUT2D eigenvalue weighted by Gasteiger charge is 2.27. The molecule has 0 aromatic rings. The van der Waals surface area contributed by atoms with Gasteiger partial charge >= 0.3 is 0 Å². The van der Waals surface area contributed by atoms with E-state index in [0.717, 1.165) is 38.9 Å². The third-order valence-corrected chi connectivity index (χ3v) is 4.27. The third-order valence-electron chi connectivity index (χ3n) is 4.27. The van der Waals surface area contributed by atoms with Crippen molar-refractivity contribution in [2.75, 3.05) is 19.6 Å². The molecule has 3 nitrogen and oxygen atoms in total. The van der Waals surface area contributed by atoms with Gasteiger partial charge in [0, 0.05) is 12.5 Å². The largest absolute Gasteiger partial charge is 0.355 e. The van der Waals surface area contributed by atoms with Crippen LogP contribution in [0, 0.1) is 11.3 Å². The van der Waals surface area contributed by atoms with Crippen molar-refractivity contribution in [1.82, 2.24) is 10.6 Å². The SMILES string of the molecule is CCCCC(CC)C(=O)NCC1(C)CCNCC1.Cl. The molecule has 114 valence electrons. The molecule has 1 unspecified atom stereocenters. The Morgan fingerprint density at radius 2 is 1.95 bits per heavy atom. The fourth-order valence-corrected chi connectivity index (χ4v) is 2.62. The second kappa shape index (κ2) is 9.60. The molecule has 4 heteroatoms. The number of halogens is 1. The minimum Gasteiger partial charge on any atom is -0.355 e. The molecule has 1 atom stereocenters. The Morgan fingerprint density at radius 1 is 1.32 bits per heavy atom. The van der Waals surface area contributed by atoms with E-state index in [-0.39, 0.29) is 24.2 Å². The van der Waals surface area contributed by atoms with E-state index in [0.29, 0.717) is 5.41 Å². The van der Waals surface area contributed by atoms with Gasteiger partial charge in [-0.1, -0.05) is 33.6 Å². The molecule has 0 spiro atoms. The van der Waals surface area contributed by atoms with E-state index in [1.807, 2.05) is 0 Å². The standard InChI is InChI=1S/C15H30N2O.ClH/c1-4-6-7-13(5-2)14(18)17-12-15(3)8-10-16-11-9-15;/h13,16H,4-12H2,1-3H3,(H,17,18);1H. The van der Waals surface area contributed by atoms with Gasteiger partial charge in [-0.3, -0.25) is 4.79 Å². The molecule has 1 aliphatic rings. The van der Waals surface area contributed by atoms with Crippen molar-refractivity contribution in [2.45, 2.75) is 59.3 Å². The summed E-state index contributed by atoms with van der Waals surface area (Å²) in [4.78, 5) is 12.1. The van der Waals surface area contributed by atoms with Crippen LogP contribution in [0.25, 0.3) is 0 Å². The van der Waals surface area contributed by atoms with Crippen LogP contribution in [-0.4, -0.2) is 25.5 Å². The first-order valence-electron chi connectivity index (χ1n) is 7.59. The smallest absolute Gasteiger partial charge is 0.223 e. The van der Waals surface area contributed by atoms with Gasteiger partial charge in [-0.05, 0) is 44.2 Å². The predicted molar refractivity (Wildman–Crippen MR) is 83.8 cm³/mol. The molecule has 0 bridgehead atoms. The average Bonchev–Trinajstić information content (AvgIpc) is 2.38. The third kappa shape index (κ3) is 6.62. The number of rotatable bonds is 7. The monoisotopic (exact) mass is 290 g/mol. The molecule has 2 N–H and O–H groups in total. The van der Waals surface area contributed by atoms with Gasteiger partial charge < -0.3 is 10.6 Å². The lowest BCUT2D eigenvalue weighted by Gasteiger charge is -2.34. The van der Waals surface area contributed by atoms with Crippen molar-refractivity contribution >= 4 is 18.3 Å². The number of piperidine rings is 1. The zero-order valence-electron chi connectivity index (χ0n) is 12.8. The molecule has 1 aliphatic heterocycles. The van der Waals surface area contributed by atoms with Crippen LogP contribution in [0.2, 0.25) is 0 Å².